The van der Waals surface area contributed by atoms with Crippen LogP contribution in [0.15, 0.2) is 83.8 Å². The molecule has 0 fully saturated rings. The van der Waals surface area contributed by atoms with Crippen LogP contribution in [0.2, 0.25) is 0 Å². The number of carbonyl (C=O) groups excluding carboxylic acids is 1. The number of nitrogens with one attached hydrogen (secondary N) is 3. The van der Waals surface area contributed by atoms with E-state index in [-0.39, 0.29) is 22.0 Å². The second-order valence-electron chi connectivity index (χ2n) is 7.42. The number of ether oxygens (including phenoxy) is 2. The van der Waals surface area contributed by atoms with Crippen molar-refractivity contribution in [3.05, 3.63) is 84.6 Å². The fourth-order valence-corrected chi connectivity index (χ4v) is 4.61. The molecule has 9 nitrogen and oxygen atoms in total. The highest BCUT2D eigenvalue weighted by Gasteiger charge is 2.21. The molecular weight excluding hydrogens is 468 g/mol. The van der Waals surface area contributed by atoms with Crippen LogP contribution in [0.25, 0.3) is 11.3 Å². The lowest BCUT2D eigenvalue weighted by Crippen LogP contribution is -2.16. The van der Waals surface area contributed by atoms with Crippen molar-refractivity contribution in [2.75, 3.05) is 23.8 Å². The zero-order chi connectivity index (χ0) is 24.8. The second-order valence-corrected chi connectivity index (χ2v) is 9.07. The second kappa shape index (κ2) is 10.3. The van der Waals surface area contributed by atoms with Crippen LogP contribution in [0.4, 0.5) is 11.4 Å². The minimum absolute atomic E-state index is 0.124. The van der Waals surface area contributed by atoms with Crippen LogP contribution in [-0.2, 0) is 10.0 Å². The van der Waals surface area contributed by atoms with Crippen LogP contribution in [0, 0.1) is 0 Å². The van der Waals surface area contributed by atoms with Gasteiger partial charge in [0, 0.05) is 16.9 Å². The van der Waals surface area contributed by atoms with Gasteiger partial charge in [0.05, 0.1) is 19.4 Å². The maximum Gasteiger partial charge on any atom is 0.273 e. The Hall–Kier alpha value is -4.31. The summed E-state index contributed by atoms with van der Waals surface area (Å²) in [5.74, 6) is 0.300. The predicted molar refractivity (Wildman–Crippen MR) is 133 cm³/mol. The molecule has 35 heavy (non-hydrogen) atoms. The quantitative estimate of drug-likeness (QED) is 0.315. The zero-order valence-corrected chi connectivity index (χ0v) is 19.9. The molecule has 0 aliphatic carbocycles. The van der Waals surface area contributed by atoms with Crippen molar-refractivity contribution in [1.29, 1.82) is 0 Å². The van der Waals surface area contributed by atoms with Gasteiger partial charge in [0.1, 0.15) is 22.1 Å². The number of amides is 1. The van der Waals surface area contributed by atoms with Crippen molar-refractivity contribution in [3.8, 4) is 22.8 Å². The maximum absolute atomic E-state index is 13.1. The summed E-state index contributed by atoms with van der Waals surface area (Å²) in [6.45, 7) is 2.37. The Labute approximate surface area is 203 Å². The summed E-state index contributed by atoms with van der Waals surface area (Å²) in [6, 6.07) is 22.0. The van der Waals surface area contributed by atoms with Gasteiger partial charge in [-0.2, -0.15) is 5.10 Å². The SMILES string of the molecule is CCOc1ccc(NS(=O)(=O)c2cc(NC(=O)c3cc(-c4ccccc4)n[nH]3)ccc2OC)cc1. The molecule has 1 amide bonds. The summed E-state index contributed by atoms with van der Waals surface area (Å²) in [5.41, 5.74) is 2.35. The van der Waals surface area contributed by atoms with Crippen LogP contribution < -0.4 is 19.5 Å². The molecule has 0 unspecified atom stereocenters. The van der Waals surface area contributed by atoms with E-state index in [4.69, 9.17) is 9.47 Å². The number of anilines is 2. The molecule has 4 rings (SSSR count). The summed E-state index contributed by atoms with van der Waals surface area (Å²) in [4.78, 5) is 12.6. The van der Waals surface area contributed by atoms with Gasteiger partial charge in [-0.25, -0.2) is 8.42 Å². The van der Waals surface area contributed by atoms with Gasteiger partial charge in [-0.15, -0.1) is 0 Å². The number of methoxy groups -OCH3 is 1. The van der Waals surface area contributed by atoms with Crippen LogP contribution in [0.1, 0.15) is 17.4 Å². The largest absolute Gasteiger partial charge is 0.495 e. The van der Waals surface area contributed by atoms with Gasteiger partial charge in [-0.1, -0.05) is 30.3 Å². The fraction of sp³-hybridized carbons (Fsp3) is 0.120. The first kappa shape index (κ1) is 23.8. The van der Waals surface area contributed by atoms with E-state index < -0.39 is 15.9 Å². The van der Waals surface area contributed by atoms with Crippen molar-refractivity contribution in [1.82, 2.24) is 10.2 Å². The average molecular weight is 493 g/mol. The molecule has 3 N–H and O–H groups in total. The van der Waals surface area contributed by atoms with Crippen molar-refractivity contribution in [2.45, 2.75) is 11.8 Å². The number of carbonyl (C=O) groups is 1. The number of nitrogens with zero attached hydrogens (tertiary/aromatic N) is 1. The molecule has 10 heteroatoms. The van der Waals surface area contributed by atoms with Gasteiger partial charge in [-0.05, 0) is 55.5 Å². The third-order valence-corrected chi connectivity index (χ3v) is 6.42. The lowest BCUT2D eigenvalue weighted by atomic mass is 10.1. The minimum Gasteiger partial charge on any atom is -0.495 e. The normalized spacial score (nSPS) is 11.0. The fourth-order valence-electron chi connectivity index (χ4n) is 3.35. The molecule has 180 valence electrons. The number of hydrogen-bond acceptors (Lipinski definition) is 6. The molecule has 0 saturated carbocycles. The molecule has 0 spiro atoms. The summed E-state index contributed by atoms with van der Waals surface area (Å²) < 4.78 is 39.4. The zero-order valence-electron chi connectivity index (χ0n) is 19.1. The molecule has 0 aliphatic rings. The molecule has 4 aromatic rings. The van der Waals surface area contributed by atoms with Gasteiger partial charge in [-0.3, -0.25) is 14.6 Å². The molecule has 0 radical (unpaired) electrons. The first-order valence-corrected chi connectivity index (χ1v) is 12.2. The van der Waals surface area contributed by atoms with Gasteiger partial charge in [0.2, 0.25) is 0 Å². The molecule has 0 saturated heterocycles. The predicted octanol–water partition coefficient (Wildman–Crippen LogP) is 4.54. The molecule has 0 bridgehead atoms. The Morgan fingerprint density at radius 3 is 2.37 bits per heavy atom. The molecule has 0 atom stereocenters. The maximum atomic E-state index is 13.1. The van der Waals surface area contributed by atoms with Crippen molar-refractivity contribution >= 4 is 27.3 Å². The lowest BCUT2D eigenvalue weighted by Gasteiger charge is -2.14. The van der Waals surface area contributed by atoms with E-state index in [0.717, 1.165) is 5.56 Å². The third-order valence-electron chi connectivity index (χ3n) is 5.02. The number of rotatable bonds is 9. The van der Waals surface area contributed by atoms with Crippen molar-refractivity contribution in [3.63, 3.8) is 0 Å². The Balaban J connectivity index is 1.54. The molecule has 3 aromatic carbocycles. The van der Waals surface area contributed by atoms with Gasteiger partial charge in [0.25, 0.3) is 15.9 Å². The summed E-state index contributed by atoms with van der Waals surface area (Å²) in [7, 11) is -2.65. The topological polar surface area (TPSA) is 122 Å². The summed E-state index contributed by atoms with van der Waals surface area (Å²) in [5, 5.41) is 9.59. The highest BCUT2D eigenvalue weighted by Crippen LogP contribution is 2.29. The van der Waals surface area contributed by atoms with Gasteiger partial charge < -0.3 is 14.8 Å². The number of H-pyrrole nitrogens is 1. The van der Waals surface area contributed by atoms with Crippen LogP contribution >= 0.6 is 0 Å². The van der Waals surface area contributed by atoms with Crippen LogP contribution in [-0.4, -0.2) is 38.2 Å². The molecular formula is C25H24N4O5S. The van der Waals surface area contributed by atoms with Gasteiger partial charge >= 0.3 is 0 Å². The number of aromatic amines is 1. The highest BCUT2D eigenvalue weighted by atomic mass is 32.2. The number of sulfonamides is 1. The average Bonchev–Trinajstić information content (AvgIpc) is 3.36. The van der Waals surface area contributed by atoms with E-state index in [1.165, 1.54) is 19.2 Å². The van der Waals surface area contributed by atoms with E-state index >= 15 is 0 Å². The number of aromatic nitrogens is 2. The van der Waals surface area contributed by atoms with E-state index in [0.29, 0.717) is 23.7 Å². The van der Waals surface area contributed by atoms with Crippen LogP contribution in [0.3, 0.4) is 0 Å². The van der Waals surface area contributed by atoms with Crippen molar-refractivity contribution in [2.24, 2.45) is 0 Å². The first-order valence-electron chi connectivity index (χ1n) is 10.8. The Morgan fingerprint density at radius 2 is 1.69 bits per heavy atom. The Bertz CT molecular complexity index is 1420. The first-order chi connectivity index (χ1) is 16.9. The smallest absolute Gasteiger partial charge is 0.273 e. The summed E-state index contributed by atoms with van der Waals surface area (Å²) in [6.07, 6.45) is 0. The highest BCUT2D eigenvalue weighted by molar-refractivity contribution is 7.92. The van der Waals surface area contributed by atoms with E-state index in [1.807, 2.05) is 37.3 Å². The lowest BCUT2D eigenvalue weighted by molar-refractivity contribution is 0.102. The van der Waals surface area contributed by atoms with Gasteiger partial charge in [0.15, 0.2) is 0 Å². The number of hydrogen-bond donors (Lipinski definition) is 3. The monoisotopic (exact) mass is 492 g/mol. The van der Waals surface area contributed by atoms with E-state index in [9.17, 15) is 13.2 Å². The Kier molecular flexibility index (Phi) is 7.02. The van der Waals surface area contributed by atoms with Crippen molar-refractivity contribution < 1.29 is 22.7 Å². The molecule has 1 heterocycles. The third kappa shape index (κ3) is 5.61. The minimum atomic E-state index is -4.02. The summed E-state index contributed by atoms with van der Waals surface area (Å²) >= 11 is 0. The van der Waals surface area contributed by atoms with E-state index in [2.05, 4.69) is 20.2 Å². The molecule has 0 aliphatic heterocycles. The van der Waals surface area contributed by atoms with Crippen LogP contribution in [0.5, 0.6) is 11.5 Å². The Morgan fingerprint density at radius 1 is 0.971 bits per heavy atom. The molecule has 1 aromatic heterocycles. The number of benzene rings is 3. The van der Waals surface area contributed by atoms with E-state index in [1.54, 1.807) is 36.4 Å². The standard InChI is InChI=1S/C25H24N4O5S/c1-3-34-20-12-9-18(10-13-20)29-35(31,32)24-15-19(11-14-23(24)33-2)26-25(30)22-16-21(27-28-22)17-7-5-4-6-8-17/h4-16,29H,3H2,1-2H3,(H,26,30)(H,27,28).